The predicted octanol–water partition coefficient (Wildman–Crippen LogP) is -1.69. The third-order valence-electron chi connectivity index (χ3n) is 5.33. The van der Waals surface area contributed by atoms with Crippen LogP contribution in [0.15, 0.2) is 24.3 Å². The Hall–Kier alpha value is -3.71. The molecule has 0 aliphatic rings. The number of rotatable bonds is 14. The number of carbonyl (C=O) groups excluding carboxylic acids is 3. The summed E-state index contributed by atoms with van der Waals surface area (Å²) in [7, 11) is 0. The first kappa shape index (κ1) is 29.3. The Bertz CT molecular complexity index is 907. The molecule has 0 radical (unpaired) electrons. The number of aliphatic hydroxyl groups excluding tert-OH is 1. The maximum atomic E-state index is 13.1. The summed E-state index contributed by atoms with van der Waals surface area (Å²) in [6.45, 7) is 2.54. The molecule has 1 rings (SSSR count). The Morgan fingerprint density at radius 1 is 0.914 bits per heavy atom. The van der Waals surface area contributed by atoms with E-state index in [1.54, 1.807) is 13.8 Å². The van der Waals surface area contributed by atoms with E-state index < -0.39 is 72.8 Å². The molecule has 0 bridgehead atoms. The maximum Gasteiger partial charge on any atom is 0.328 e. The van der Waals surface area contributed by atoms with Gasteiger partial charge in [0, 0.05) is 6.42 Å². The van der Waals surface area contributed by atoms with Crippen molar-refractivity contribution in [2.24, 2.45) is 11.7 Å². The van der Waals surface area contributed by atoms with Gasteiger partial charge in [-0.3, -0.25) is 19.2 Å². The summed E-state index contributed by atoms with van der Waals surface area (Å²) in [6, 6.07) is 0.279. The van der Waals surface area contributed by atoms with Crippen molar-refractivity contribution in [3.05, 3.63) is 29.8 Å². The molecule has 194 valence electrons. The van der Waals surface area contributed by atoms with Crippen molar-refractivity contribution in [3.63, 3.8) is 0 Å². The highest BCUT2D eigenvalue weighted by Gasteiger charge is 2.33. The highest BCUT2D eigenvalue weighted by Crippen LogP contribution is 2.13. The minimum Gasteiger partial charge on any atom is -0.508 e. The second kappa shape index (κ2) is 13.9. The van der Waals surface area contributed by atoms with Gasteiger partial charge in [-0.15, -0.1) is 0 Å². The summed E-state index contributed by atoms with van der Waals surface area (Å²) in [5.41, 5.74) is 6.13. The van der Waals surface area contributed by atoms with Crippen molar-refractivity contribution in [2.75, 3.05) is 6.61 Å². The van der Waals surface area contributed by atoms with Crippen LogP contribution in [0.4, 0.5) is 0 Å². The van der Waals surface area contributed by atoms with Crippen LogP contribution in [-0.2, 0) is 30.4 Å². The molecular weight excluding hydrogens is 464 g/mol. The van der Waals surface area contributed by atoms with Gasteiger partial charge in [0.15, 0.2) is 0 Å². The Morgan fingerprint density at radius 2 is 1.49 bits per heavy atom. The molecule has 0 aromatic heterocycles. The number of phenolic OH excluding ortho intramolecular Hbond substituents is 1. The largest absolute Gasteiger partial charge is 0.508 e. The van der Waals surface area contributed by atoms with Gasteiger partial charge in [0.1, 0.15) is 23.9 Å². The number of hydrogen-bond donors (Lipinski definition) is 8. The summed E-state index contributed by atoms with van der Waals surface area (Å²) in [6.07, 6.45) is -0.330. The average molecular weight is 497 g/mol. The zero-order valence-electron chi connectivity index (χ0n) is 19.4. The molecule has 0 saturated heterocycles. The highest BCUT2D eigenvalue weighted by molar-refractivity contribution is 5.95. The number of aromatic hydroxyl groups is 1. The molecule has 0 spiro atoms. The van der Waals surface area contributed by atoms with Crippen LogP contribution >= 0.6 is 0 Å². The fourth-order valence-electron chi connectivity index (χ4n) is 3.04. The van der Waals surface area contributed by atoms with Crippen LogP contribution in [0.1, 0.15) is 32.3 Å². The Kier molecular flexibility index (Phi) is 11.6. The molecule has 13 nitrogen and oxygen atoms in total. The van der Waals surface area contributed by atoms with E-state index in [1.165, 1.54) is 24.3 Å². The number of nitrogens with two attached hydrogens (primary N) is 1. The Labute approximate surface area is 201 Å². The Morgan fingerprint density at radius 3 is 1.97 bits per heavy atom. The van der Waals surface area contributed by atoms with Crippen LogP contribution in [-0.4, -0.2) is 80.9 Å². The number of aliphatic hydroxyl groups is 1. The van der Waals surface area contributed by atoms with Crippen molar-refractivity contribution < 1.29 is 44.4 Å². The second-order valence-electron chi connectivity index (χ2n) is 8.09. The van der Waals surface area contributed by atoms with Crippen molar-refractivity contribution in [1.82, 2.24) is 16.0 Å². The molecule has 9 N–H and O–H groups in total. The minimum atomic E-state index is -1.58. The van der Waals surface area contributed by atoms with Crippen molar-refractivity contribution in [3.8, 4) is 5.75 Å². The number of carboxylic acids is 2. The molecule has 0 heterocycles. The lowest BCUT2D eigenvalue weighted by Gasteiger charge is -2.28. The van der Waals surface area contributed by atoms with Gasteiger partial charge in [0.05, 0.1) is 19.1 Å². The number of phenols is 1. The average Bonchev–Trinajstić information content (AvgIpc) is 2.80. The quantitative estimate of drug-likeness (QED) is 0.146. The molecule has 1 aromatic carbocycles. The molecule has 0 aliphatic carbocycles. The fourth-order valence-corrected chi connectivity index (χ4v) is 3.04. The SMILES string of the molecule is CCC(C)C(NC(=O)C(Cc1ccc(O)cc1)NC(=O)C(N)CC(=O)O)C(=O)NC(CO)C(=O)O. The van der Waals surface area contributed by atoms with Gasteiger partial charge in [0.25, 0.3) is 0 Å². The number of benzene rings is 1. The monoisotopic (exact) mass is 496 g/mol. The smallest absolute Gasteiger partial charge is 0.328 e. The topological polar surface area (TPSA) is 228 Å². The molecule has 0 aliphatic heterocycles. The van der Waals surface area contributed by atoms with E-state index >= 15 is 0 Å². The van der Waals surface area contributed by atoms with Gasteiger partial charge in [0.2, 0.25) is 17.7 Å². The summed E-state index contributed by atoms with van der Waals surface area (Å²) in [5.74, 6) is -5.78. The van der Waals surface area contributed by atoms with Crippen LogP contribution < -0.4 is 21.7 Å². The normalized spacial score (nSPS) is 15.1. The van der Waals surface area contributed by atoms with Gasteiger partial charge >= 0.3 is 11.9 Å². The molecule has 0 saturated carbocycles. The molecule has 5 atom stereocenters. The molecule has 35 heavy (non-hydrogen) atoms. The van der Waals surface area contributed by atoms with Crippen molar-refractivity contribution in [1.29, 1.82) is 0 Å². The molecule has 13 heteroatoms. The van der Waals surface area contributed by atoms with Gasteiger partial charge < -0.3 is 42.1 Å². The lowest BCUT2D eigenvalue weighted by atomic mass is 9.96. The number of hydrogen-bond acceptors (Lipinski definition) is 8. The zero-order valence-corrected chi connectivity index (χ0v) is 19.4. The number of amides is 3. The van der Waals surface area contributed by atoms with E-state index in [0.29, 0.717) is 12.0 Å². The summed E-state index contributed by atoms with van der Waals surface area (Å²) in [5, 5.41) is 43.7. The van der Waals surface area contributed by atoms with Crippen LogP contribution in [0.2, 0.25) is 0 Å². The third kappa shape index (κ3) is 9.59. The van der Waals surface area contributed by atoms with Gasteiger partial charge in [-0.05, 0) is 23.6 Å². The Balaban J connectivity index is 3.15. The predicted molar refractivity (Wildman–Crippen MR) is 122 cm³/mol. The maximum absolute atomic E-state index is 13.1. The first-order chi connectivity index (χ1) is 16.4. The summed E-state index contributed by atoms with van der Waals surface area (Å²) in [4.78, 5) is 60.3. The van der Waals surface area contributed by atoms with Crippen molar-refractivity contribution in [2.45, 2.75) is 57.3 Å². The molecular formula is C22H32N4O9. The first-order valence-electron chi connectivity index (χ1n) is 10.9. The van der Waals surface area contributed by atoms with Crippen LogP contribution in [0.25, 0.3) is 0 Å². The molecule has 3 amide bonds. The van der Waals surface area contributed by atoms with Gasteiger partial charge in [-0.2, -0.15) is 0 Å². The summed E-state index contributed by atoms with van der Waals surface area (Å²) >= 11 is 0. The minimum absolute atomic E-state index is 0.0207. The van der Waals surface area contributed by atoms with Crippen LogP contribution in [0.5, 0.6) is 5.75 Å². The van der Waals surface area contributed by atoms with Crippen molar-refractivity contribution >= 4 is 29.7 Å². The van der Waals surface area contributed by atoms with Gasteiger partial charge in [-0.25, -0.2) is 4.79 Å². The lowest BCUT2D eigenvalue weighted by molar-refractivity contribution is -0.143. The van der Waals surface area contributed by atoms with Crippen LogP contribution in [0.3, 0.4) is 0 Å². The third-order valence-corrected chi connectivity index (χ3v) is 5.33. The van der Waals surface area contributed by atoms with E-state index in [2.05, 4.69) is 16.0 Å². The van der Waals surface area contributed by atoms with E-state index in [-0.39, 0.29) is 12.2 Å². The fraction of sp³-hybridized carbons (Fsp3) is 0.500. The van der Waals surface area contributed by atoms with E-state index in [1.807, 2.05) is 0 Å². The van der Waals surface area contributed by atoms with E-state index in [4.69, 9.17) is 15.9 Å². The molecule has 1 aromatic rings. The molecule has 0 fully saturated rings. The van der Waals surface area contributed by atoms with Gasteiger partial charge in [-0.1, -0.05) is 32.4 Å². The standard InChI is InChI=1S/C22H32N4O9/c1-3-11(2)18(21(33)25-16(10-27)22(34)35)26-20(32)15(8-12-4-6-13(28)7-5-12)24-19(31)14(23)9-17(29)30/h4-7,11,14-16,18,27-28H,3,8-10,23H2,1-2H3,(H,24,31)(H,25,33)(H,26,32)(H,29,30)(H,34,35). The van der Waals surface area contributed by atoms with Crippen LogP contribution in [0, 0.1) is 5.92 Å². The molecule has 5 unspecified atom stereocenters. The lowest BCUT2D eigenvalue weighted by Crippen LogP contribution is -2.59. The first-order valence-corrected chi connectivity index (χ1v) is 10.9. The van der Waals surface area contributed by atoms with E-state index in [0.717, 1.165) is 0 Å². The van der Waals surface area contributed by atoms with E-state index in [9.17, 15) is 34.2 Å². The number of carboxylic acid groups (broad SMARTS) is 2. The number of aliphatic carboxylic acids is 2. The summed E-state index contributed by atoms with van der Waals surface area (Å²) < 4.78 is 0. The highest BCUT2D eigenvalue weighted by atomic mass is 16.4. The zero-order chi connectivity index (χ0) is 26.7. The number of nitrogens with one attached hydrogen (secondary N) is 3. The number of carbonyl (C=O) groups is 5. The second-order valence-corrected chi connectivity index (χ2v) is 8.09.